The highest BCUT2D eigenvalue weighted by atomic mass is 32.2. The van der Waals surface area contributed by atoms with Crippen LogP contribution in [0.15, 0.2) is 0 Å². The molecule has 0 radical (unpaired) electrons. The van der Waals surface area contributed by atoms with Gasteiger partial charge in [0, 0.05) is 16.5 Å². The fourth-order valence-electron chi connectivity index (χ4n) is 1.48. The highest BCUT2D eigenvalue weighted by Crippen LogP contribution is 2.24. The van der Waals surface area contributed by atoms with Crippen LogP contribution in [-0.2, 0) is 0 Å². The molecule has 1 aliphatic rings. The highest BCUT2D eigenvalue weighted by Gasteiger charge is 2.19. The molecule has 1 heterocycles. The quantitative estimate of drug-likeness (QED) is 0.753. The fourth-order valence-corrected chi connectivity index (χ4v) is 2.69. The van der Waals surface area contributed by atoms with Crippen molar-refractivity contribution in [2.45, 2.75) is 37.5 Å². The van der Waals surface area contributed by atoms with Crippen LogP contribution in [0, 0.1) is 0 Å². The molecule has 0 saturated carbocycles. The summed E-state index contributed by atoms with van der Waals surface area (Å²) in [5, 5.41) is 0.846. The van der Waals surface area contributed by atoms with E-state index in [4.69, 9.17) is 5.73 Å². The third-order valence-corrected chi connectivity index (χ3v) is 4.21. The van der Waals surface area contributed by atoms with Crippen molar-refractivity contribution in [3.63, 3.8) is 0 Å². The van der Waals surface area contributed by atoms with Gasteiger partial charge in [-0.05, 0) is 46.8 Å². The Hall–Kier alpha value is 0.270. The van der Waals surface area contributed by atoms with Gasteiger partial charge in [-0.2, -0.15) is 11.8 Å². The predicted molar refractivity (Wildman–Crippen MR) is 61.2 cm³/mol. The Balaban J connectivity index is 2.16. The normalized spacial score (nSPS) is 22.2. The number of hydrogen-bond donors (Lipinski definition) is 1. The Morgan fingerprint density at radius 1 is 1.38 bits per heavy atom. The molecule has 0 spiro atoms. The molecular weight excluding hydrogens is 180 g/mol. The minimum atomic E-state index is -0.00594. The molecule has 1 fully saturated rings. The first-order valence-corrected chi connectivity index (χ1v) is 6.11. The van der Waals surface area contributed by atoms with Gasteiger partial charge in [-0.1, -0.05) is 0 Å². The van der Waals surface area contributed by atoms with Crippen LogP contribution in [0.1, 0.15) is 26.7 Å². The molecule has 1 rings (SSSR count). The average Bonchev–Trinajstić information content (AvgIpc) is 2.02. The van der Waals surface area contributed by atoms with Crippen molar-refractivity contribution in [3.8, 4) is 0 Å². The highest BCUT2D eigenvalue weighted by molar-refractivity contribution is 7.99. The van der Waals surface area contributed by atoms with Gasteiger partial charge in [0.1, 0.15) is 0 Å². The van der Waals surface area contributed by atoms with Crippen molar-refractivity contribution >= 4 is 11.8 Å². The smallest absolute Gasteiger partial charge is 0.0188 e. The van der Waals surface area contributed by atoms with Gasteiger partial charge in [-0.25, -0.2) is 0 Å². The summed E-state index contributed by atoms with van der Waals surface area (Å²) in [6.07, 6.45) is 2.66. The molecule has 1 aliphatic heterocycles. The summed E-state index contributed by atoms with van der Waals surface area (Å²) >= 11 is 2.05. The van der Waals surface area contributed by atoms with Gasteiger partial charge in [0.05, 0.1) is 0 Å². The summed E-state index contributed by atoms with van der Waals surface area (Å²) in [6.45, 7) is 6.72. The SMILES string of the molecule is CN1CCC(SCC(C)(C)N)CC1. The maximum absolute atomic E-state index is 5.95. The molecule has 78 valence electrons. The Morgan fingerprint density at radius 2 is 1.92 bits per heavy atom. The second-order valence-corrected chi connectivity index (χ2v) is 6.09. The number of thioether (sulfide) groups is 1. The summed E-state index contributed by atoms with van der Waals surface area (Å²) in [5.74, 6) is 1.08. The Labute approximate surface area is 86.2 Å². The number of piperidine rings is 1. The second-order valence-electron chi connectivity index (χ2n) is 4.80. The van der Waals surface area contributed by atoms with Crippen molar-refractivity contribution in [2.24, 2.45) is 5.73 Å². The van der Waals surface area contributed by atoms with Crippen molar-refractivity contribution in [2.75, 3.05) is 25.9 Å². The monoisotopic (exact) mass is 202 g/mol. The van der Waals surface area contributed by atoms with E-state index in [2.05, 4.69) is 37.6 Å². The summed E-state index contributed by atoms with van der Waals surface area (Å²) in [6, 6.07) is 0. The standard InChI is InChI=1S/C10H22N2S/c1-10(2,11)8-13-9-4-6-12(3)7-5-9/h9H,4-8,11H2,1-3H3. The van der Waals surface area contributed by atoms with Crippen LogP contribution in [0.2, 0.25) is 0 Å². The summed E-state index contributed by atoms with van der Waals surface area (Å²) in [7, 11) is 2.20. The molecule has 0 bridgehead atoms. The molecule has 1 saturated heterocycles. The van der Waals surface area contributed by atoms with Crippen LogP contribution < -0.4 is 5.73 Å². The maximum atomic E-state index is 5.95. The first-order chi connectivity index (χ1) is 5.97. The lowest BCUT2D eigenvalue weighted by Gasteiger charge is -2.30. The van der Waals surface area contributed by atoms with Crippen molar-refractivity contribution in [1.29, 1.82) is 0 Å². The lowest BCUT2D eigenvalue weighted by Crippen LogP contribution is -2.37. The minimum Gasteiger partial charge on any atom is -0.325 e. The molecule has 0 aromatic rings. The third-order valence-electron chi connectivity index (χ3n) is 2.36. The number of hydrogen-bond acceptors (Lipinski definition) is 3. The van der Waals surface area contributed by atoms with Crippen LogP contribution in [0.25, 0.3) is 0 Å². The van der Waals surface area contributed by atoms with Gasteiger partial charge in [0.15, 0.2) is 0 Å². The average molecular weight is 202 g/mol. The lowest BCUT2D eigenvalue weighted by atomic mass is 10.1. The number of rotatable bonds is 3. The summed E-state index contributed by atoms with van der Waals surface area (Å²) in [4.78, 5) is 2.41. The van der Waals surface area contributed by atoms with E-state index in [1.807, 2.05) is 0 Å². The van der Waals surface area contributed by atoms with Crippen LogP contribution in [0.4, 0.5) is 0 Å². The zero-order valence-electron chi connectivity index (χ0n) is 9.05. The maximum Gasteiger partial charge on any atom is 0.0188 e. The minimum absolute atomic E-state index is 0.00594. The van der Waals surface area contributed by atoms with Gasteiger partial charge in [0.2, 0.25) is 0 Å². The summed E-state index contributed by atoms with van der Waals surface area (Å²) in [5.41, 5.74) is 5.94. The van der Waals surface area contributed by atoms with Gasteiger partial charge in [-0.3, -0.25) is 0 Å². The number of likely N-dealkylation sites (tertiary alicyclic amines) is 1. The fraction of sp³-hybridized carbons (Fsp3) is 1.00. The van der Waals surface area contributed by atoms with E-state index in [-0.39, 0.29) is 5.54 Å². The molecular formula is C10H22N2S. The Morgan fingerprint density at radius 3 is 2.38 bits per heavy atom. The molecule has 0 aromatic carbocycles. The molecule has 0 amide bonds. The Kier molecular flexibility index (Phi) is 4.07. The van der Waals surface area contributed by atoms with Gasteiger partial charge in [0.25, 0.3) is 0 Å². The van der Waals surface area contributed by atoms with E-state index >= 15 is 0 Å². The lowest BCUT2D eigenvalue weighted by molar-refractivity contribution is 0.282. The third kappa shape index (κ3) is 4.89. The van der Waals surface area contributed by atoms with Crippen LogP contribution in [-0.4, -0.2) is 41.6 Å². The van der Waals surface area contributed by atoms with Crippen LogP contribution in [0.3, 0.4) is 0 Å². The van der Waals surface area contributed by atoms with E-state index in [0.29, 0.717) is 0 Å². The van der Waals surface area contributed by atoms with Gasteiger partial charge in [-0.15, -0.1) is 0 Å². The van der Waals surface area contributed by atoms with E-state index in [1.54, 1.807) is 0 Å². The molecule has 13 heavy (non-hydrogen) atoms. The first-order valence-electron chi connectivity index (χ1n) is 5.06. The van der Waals surface area contributed by atoms with E-state index < -0.39 is 0 Å². The van der Waals surface area contributed by atoms with Crippen molar-refractivity contribution in [1.82, 2.24) is 4.90 Å². The second kappa shape index (κ2) is 4.67. The number of nitrogens with two attached hydrogens (primary N) is 1. The Bertz CT molecular complexity index is 145. The van der Waals surface area contributed by atoms with Crippen LogP contribution in [0.5, 0.6) is 0 Å². The van der Waals surface area contributed by atoms with E-state index in [9.17, 15) is 0 Å². The number of nitrogens with zero attached hydrogens (tertiary/aromatic N) is 1. The van der Waals surface area contributed by atoms with Gasteiger partial charge >= 0.3 is 0 Å². The molecule has 2 N–H and O–H groups in total. The van der Waals surface area contributed by atoms with Crippen molar-refractivity contribution < 1.29 is 0 Å². The molecule has 0 atom stereocenters. The zero-order valence-corrected chi connectivity index (χ0v) is 9.86. The van der Waals surface area contributed by atoms with Gasteiger partial charge < -0.3 is 10.6 Å². The first kappa shape index (κ1) is 11.3. The van der Waals surface area contributed by atoms with Crippen molar-refractivity contribution in [3.05, 3.63) is 0 Å². The molecule has 0 unspecified atom stereocenters. The zero-order chi connectivity index (χ0) is 9.90. The molecule has 3 heteroatoms. The van der Waals surface area contributed by atoms with Crippen LogP contribution >= 0.6 is 11.8 Å². The van der Waals surface area contributed by atoms with E-state index in [0.717, 1.165) is 11.0 Å². The largest absolute Gasteiger partial charge is 0.325 e. The molecule has 2 nitrogen and oxygen atoms in total. The molecule has 0 aromatic heterocycles. The predicted octanol–water partition coefficient (Wildman–Crippen LogP) is 1.55. The molecule has 0 aliphatic carbocycles. The topological polar surface area (TPSA) is 29.3 Å². The van der Waals surface area contributed by atoms with E-state index in [1.165, 1.54) is 25.9 Å². The summed E-state index contributed by atoms with van der Waals surface area (Å²) < 4.78 is 0.